The second-order valence-corrected chi connectivity index (χ2v) is 4.08. The van der Waals surface area contributed by atoms with Crippen LogP contribution < -0.4 is 0 Å². The molecular weight excluding hydrogens is 174 g/mol. The molecule has 4 nitrogen and oxygen atoms in total. The summed E-state index contributed by atoms with van der Waals surface area (Å²) in [7, 11) is 0. The fourth-order valence-corrected chi connectivity index (χ4v) is 2.32. The summed E-state index contributed by atoms with van der Waals surface area (Å²) in [4.78, 5) is 2.70. The van der Waals surface area contributed by atoms with Gasteiger partial charge in [0.1, 0.15) is 0 Å². The predicted molar refractivity (Wildman–Crippen MR) is 50.3 cm³/mol. The number of hydrogen-bond acceptors (Lipinski definition) is 3. The zero-order chi connectivity index (χ0) is 8.81. The highest BCUT2D eigenvalue weighted by Gasteiger charge is 2.23. The van der Waals surface area contributed by atoms with Crippen molar-refractivity contribution in [3.05, 3.63) is 10.4 Å². The minimum Gasteiger partial charge on any atom is -0.377 e. The lowest BCUT2D eigenvalue weighted by molar-refractivity contribution is 0.127. The number of thioether (sulfide) groups is 1. The van der Waals surface area contributed by atoms with Gasteiger partial charge in [0.15, 0.2) is 0 Å². The van der Waals surface area contributed by atoms with Crippen molar-refractivity contribution < 1.29 is 4.74 Å². The molecule has 0 aromatic rings. The fourth-order valence-electron chi connectivity index (χ4n) is 1.22. The summed E-state index contributed by atoms with van der Waals surface area (Å²) in [6.07, 6.45) is 1.49. The van der Waals surface area contributed by atoms with E-state index >= 15 is 0 Å². The molecule has 1 aliphatic heterocycles. The molecule has 5 heteroatoms. The molecule has 2 unspecified atom stereocenters. The molecule has 2 atom stereocenters. The van der Waals surface area contributed by atoms with Gasteiger partial charge in [-0.25, -0.2) is 0 Å². The summed E-state index contributed by atoms with van der Waals surface area (Å²) in [6, 6.07) is 0. The predicted octanol–water partition coefficient (Wildman–Crippen LogP) is 2.21. The smallest absolute Gasteiger partial charge is 0.0666 e. The summed E-state index contributed by atoms with van der Waals surface area (Å²) in [5.74, 6) is 0.905. The van der Waals surface area contributed by atoms with Crippen molar-refractivity contribution in [3.8, 4) is 0 Å². The Morgan fingerprint density at radius 3 is 3.17 bits per heavy atom. The van der Waals surface area contributed by atoms with E-state index in [1.807, 2.05) is 11.8 Å². The lowest BCUT2D eigenvalue weighted by atomic mass is 10.3. The van der Waals surface area contributed by atoms with Gasteiger partial charge in [-0.3, -0.25) is 0 Å². The Bertz CT molecular complexity index is 181. The van der Waals surface area contributed by atoms with Gasteiger partial charge in [-0.15, -0.1) is 0 Å². The van der Waals surface area contributed by atoms with Gasteiger partial charge in [-0.1, -0.05) is 5.11 Å². The highest BCUT2D eigenvalue weighted by molar-refractivity contribution is 8.00. The van der Waals surface area contributed by atoms with Gasteiger partial charge >= 0.3 is 0 Å². The van der Waals surface area contributed by atoms with Crippen LogP contribution >= 0.6 is 11.8 Å². The monoisotopic (exact) mass is 187 g/mol. The molecule has 1 saturated heterocycles. The van der Waals surface area contributed by atoms with E-state index in [0.717, 1.165) is 18.8 Å². The topological polar surface area (TPSA) is 58.0 Å². The van der Waals surface area contributed by atoms with Gasteiger partial charge < -0.3 is 4.74 Å². The summed E-state index contributed by atoms with van der Waals surface area (Å²) in [5, 5.41) is 4.07. The Labute approximate surface area is 76.3 Å². The van der Waals surface area contributed by atoms with Crippen LogP contribution in [0.5, 0.6) is 0 Å². The molecule has 1 fully saturated rings. The molecule has 0 saturated carbocycles. The largest absolute Gasteiger partial charge is 0.377 e. The second kappa shape index (κ2) is 5.30. The van der Waals surface area contributed by atoms with Crippen LogP contribution in [0.25, 0.3) is 10.4 Å². The normalized spacial score (nSPS) is 28.4. The Kier molecular flexibility index (Phi) is 4.29. The first-order valence-electron chi connectivity index (χ1n) is 4.08. The van der Waals surface area contributed by atoms with Gasteiger partial charge in [0.25, 0.3) is 0 Å². The van der Waals surface area contributed by atoms with Crippen molar-refractivity contribution in [1.29, 1.82) is 0 Å². The van der Waals surface area contributed by atoms with E-state index in [1.165, 1.54) is 0 Å². The molecule has 68 valence electrons. The molecule has 0 aromatic heterocycles. The van der Waals surface area contributed by atoms with Crippen molar-refractivity contribution in [2.75, 3.05) is 18.9 Å². The second-order valence-electron chi connectivity index (χ2n) is 2.73. The highest BCUT2D eigenvalue weighted by atomic mass is 32.2. The molecule has 0 spiro atoms. The van der Waals surface area contributed by atoms with Crippen molar-refractivity contribution in [2.45, 2.75) is 24.7 Å². The molecular formula is C7H13N3OS. The Morgan fingerprint density at radius 2 is 2.58 bits per heavy atom. The summed E-state index contributed by atoms with van der Waals surface area (Å²) >= 11 is 1.84. The van der Waals surface area contributed by atoms with E-state index < -0.39 is 0 Å². The van der Waals surface area contributed by atoms with Crippen LogP contribution in [-0.4, -0.2) is 30.3 Å². The van der Waals surface area contributed by atoms with Gasteiger partial charge in [0, 0.05) is 23.3 Å². The maximum atomic E-state index is 8.03. The zero-order valence-electron chi connectivity index (χ0n) is 7.14. The Hall–Kier alpha value is -0.380. The standard InChI is InChI=1S/C7H13N3OS/c1-6-7(2-4-11-6)12-5-3-9-10-8/h6-7H,2-5H2,1H3. The van der Waals surface area contributed by atoms with Crippen LogP contribution in [0.15, 0.2) is 5.11 Å². The average molecular weight is 187 g/mol. The van der Waals surface area contributed by atoms with Crippen LogP contribution in [0.2, 0.25) is 0 Å². The van der Waals surface area contributed by atoms with E-state index in [2.05, 4.69) is 16.9 Å². The van der Waals surface area contributed by atoms with Gasteiger partial charge in [0.05, 0.1) is 6.10 Å². The minimum absolute atomic E-state index is 0.362. The maximum Gasteiger partial charge on any atom is 0.0666 e. The molecule has 0 amide bonds. The first-order valence-corrected chi connectivity index (χ1v) is 5.13. The number of nitrogens with zero attached hydrogens (tertiary/aromatic N) is 3. The third-order valence-electron chi connectivity index (χ3n) is 1.89. The highest BCUT2D eigenvalue weighted by Crippen LogP contribution is 2.25. The fraction of sp³-hybridized carbons (Fsp3) is 1.00. The first-order chi connectivity index (χ1) is 5.84. The van der Waals surface area contributed by atoms with Crippen molar-refractivity contribution in [1.82, 2.24) is 0 Å². The minimum atomic E-state index is 0.362. The third kappa shape index (κ3) is 2.93. The third-order valence-corrected chi connectivity index (χ3v) is 3.36. The van der Waals surface area contributed by atoms with E-state index in [9.17, 15) is 0 Å². The lowest BCUT2D eigenvalue weighted by Gasteiger charge is -2.11. The molecule has 0 bridgehead atoms. The number of azide groups is 1. The van der Waals surface area contributed by atoms with Gasteiger partial charge in [-0.05, 0) is 24.6 Å². The van der Waals surface area contributed by atoms with Crippen LogP contribution in [-0.2, 0) is 4.74 Å². The first kappa shape index (κ1) is 9.71. The molecule has 0 radical (unpaired) electrons. The Balaban J connectivity index is 2.09. The number of hydrogen-bond donors (Lipinski definition) is 0. The summed E-state index contributed by atoms with van der Waals surface area (Å²) < 4.78 is 5.40. The summed E-state index contributed by atoms with van der Waals surface area (Å²) in [5.41, 5.74) is 8.03. The molecule has 1 aliphatic rings. The average Bonchev–Trinajstić information content (AvgIpc) is 2.46. The van der Waals surface area contributed by atoms with Crippen molar-refractivity contribution in [3.63, 3.8) is 0 Å². The molecule has 0 N–H and O–H groups in total. The quantitative estimate of drug-likeness (QED) is 0.293. The Morgan fingerprint density at radius 1 is 1.75 bits per heavy atom. The van der Waals surface area contributed by atoms with Crippen LogP contribution in [0.4, 0.5) is 0 Å². The maximum absolute atomic E-state index is 8.03. The SMILES string of the molecule is CC1OCCC1SCCN=[N+]=[N-]. The zero-order valence-corrected chi connectivity index (χ0v) is 7.96. The van der Waals surface area contributed by atoms with Gasteiger partial charge in [-0.2, -0.15) is 11.8 Å². The van der Waals surface area contributed by atoms with Gasteiger partial charge in [0.2, 0.25) is 0 Å². The molecule has 1 heterocycles. The molecule has 1 rings (SSSR count). The van der Waals surface area contributed by atoms with Crippen LogP contribution in [0.3, 0.4) is 0 Å². The van der Waals surface area contributed by atoms with E-state index in [1.54, 1.807) is 0 Å². The molecule has 0 aliphatic carbocycles. The molecule has 12 heavy (non-hydrogen) atoms. The van der Waals surface area contributed by atoms with Crippen LogP contribution in [0, 0.1) is 0 Å². The number of rotatable bonds is 4. The van der Waals surface area contributed by atoms with E-state index in [4.69, 9.17) is 10.3 Å². The van der Waals surface area contributed by atoms with E-state index in [0.29, 0.717) is 17.9 Å². The van der Waals surface area contributed by atoms with E-state index in [-0.39, 0.29) is 0 Å². The summed E-state index contributed by atoms with van der Waals surface area (Å²) in [6.45, 7) is 3.56. The van der Waals surface area contributed by atoms with Crippen molar-refractivity contribution >= 4 is 11.8 Å². The lowest BCUT2D eigenvalue weighted by Crippen LogP contribution is -2.14. The molecule has 0 aromatic carbocycles. The number of ether oxygens (including phenoxy) is 1. The van der Waals surface area contributed by atoms with Crippen LogP contribution in [0.1, 0.15) is 13.3 Å². The van der Waals surface area contributed by atoms with Crippen molar-refractivity contribution in [2.24, 2.45) is 5.11 Å².